The van der Waals surface area contributed by atoms with Crippen LogP contribution in [0.15, 0.2) is 47.6 Å². The van der Waals surface area contributed by atoms with Crippen molar-refractivity contribution in [2.24, 2.45) is 0 Å². The largest absolute Gasteiger partial charge is 0.340 e. The summed E-state index contributed by atoms with van der Waals surface area (Å²) in [7, 11) is -3.47. The summed E-state index contributed by atoms with van der Waals surface area (Å²) >= 11 is 0. The zero-order valence-electron chi connectivity index (χ0n) is 14.0. The SMILES string of the molecule is O=C(CCCc1cn[nH]c1)N1CCN(S(=O)(=O)c2ccccc2)CC1. The van der Waals surface area contributed by atoms with Crippen LogP contribution in [0.25, 0.3) is 0 Å². The molecule has 1 aromatic carbocycles. The second kappa shape index (κ2) is 7.79. The van der Waals surface area contributed by atoms with E-state index in [1.165, 1.54) is 4.31 Å². The number of benzene rings is 1. The van der Waals surface area contributed by atoms with Crippen molar-refractivity contribution in [1.82, 2.24) is 19.4 Å². The Morgan fingerprint density at radius 1 is 1.12 bits per heavy atom. The van der Waals surface area contributed by atoms with Crippen molar-refractivity contribution in [2.45, 2.75) is 24.2 Å². The van der Waals surface area contributed by atoms with Gasteiger partial charge in [0.2, 0.25) is 15.9 Å². The third-order valence-corrected chi connectivity index (χ3v) is 6.30. The quantitative estimate of drug-likeness (QED) is 0.838. The molecule has 7 nitrogen and oxygen atoms in total. The van der Waals surface area contributed by atoms with E-state index in [1.54, 1.807) is 41.4 Å². The van der Waals surface area contributed by atoms with E-state index >= 15 is 0 Å². The van der Waals surface area contributed by atoms with Crippen LogP contribution in [0.5, 0.6) is 0 Å². The average Bonchev–Trinajstić information content (AvgIpc) is 3.16. The minimum atomic E-state index is -3.47. The highest BCUT2D eigenvalue weighted by molar-refractivity contribution is 7.89. The van der Waals surface area contributed by atoms with Crippen LogP contribution in [-0.4, -0.2) is 59.9 Å². The summed E-state index contributed by atoms with van der Waals surface area (Å²) < 4.78 is 26.6. The maximum Gasteiger partial charge on any atom is 0.243 e. The van der Waals surface area contributed by atoms with Crippen LogP contribution < -0.4 is 0 Å². The zero-order chi connectivity index (χ0) is 17.7. The lowest BCUT2D eigenvalue weighted by Crippen LogP contribution is -2.50. The minimum Gasteiger partial charge on any atom is -0.340 e. The van der Waals surface area contributed by atoms with Gasteiger partial charge in [-0.1, -0.05) is 18.2 Å². The Morgan fingerprint density at radius 2 is 1.84 bits per heavy atom. The molecule has 1 fully saturated rings. The van der Waals surface area contributed by atoms with E-state index in [4.69, 9.17) is 0 Å². The first-order valence-corrected chi connectivity index (χ1v) is 9.82. The van der Waals surface area contributed by atoms with Crippen LogP contribution in [0, 0.1) is 0 Å². The van der Waals surface area contributed by atoms with Gasteiger partial charge in [0.25, 0.3) is 0 Å². The number of piperazine rings is 1. The van der Waals surface area contributed by atoms with E-state index < -0.39 is 10.0 Å². The molecule has 3 rings (SSSR count). The Hall–Kier alpha value is -2.19. The fourth-order valence-corrected chi connectivity index (χ4v) is 4.38. The Labute approximate surface area is 147 Å². The van der Waals surface area contributed by atoms with Gasteiger partial charge in [-0.2, -0.15) is 9.40 Å². The van der Waals surface area contributed by atoms with E-state index in [0.29, 0.717) is 37.5 Å². The van der Waals surface area contributed by atoms with Crippen molar-refractivity contribution < 1.29 is 13.2 Å². The molecule has 1 aliphatic rings. The molecule has 0 radical (unpaired) electrons. The van der Waals surface area contributed by atoms with E-state index in [9.17, 15) is 13.2 Å². The predicted molar refractivity (Wildman–Crippen MR) is 93.3 cm³/mol. The molecule has 0 unspecified atom stereocenters. The van der Waals surface area contributed by atoms with Gasteiger partial charge < -0.3 is 4.90 Å². The van der Waals surface area contributed by atoms with Crippen LogP contribution in [0.4, 0.5) is 0 Å². The van der Waals surface area contributed by atoms with Gasteiger partial charge in [-0.3, -0.25) is 9.89 Å². The van der Waals surface area contributed by atoms with Crippen molar-refractivity contribution in [1.29, 1.82) is 0 Å². The molecule has 2 aromatic rings. The van der Waals surface area contributed by atoms with Gasteiger partial charge in [0.1, 0.15) is 0 Å². The number of carbonyl (C=O) groups excluding carboxylic acids is 1. The summed E-state index contributed by atoms with van der Waals surface area (Å²) in [5.74, 6) is 0.0836. The second-order valence-electron chi connectivity index (χ2n) is 6.06. The van der Waals surface area contributed by atoms with Crippen LogP contribution >= 0.6 is 0 Å². The highest BCUT2D eigenvalue weighted by Crippen LogP contribution is 2.17. The Morgan fingerprint density at radius 3 is 2.48 bits per heavy atom. The summed E-state index contributed by atoms with van der Waals surface area (Å²) in [5.41, 5.74) is 1.09. The topological polar surface area (TPSA) is 86.4 Å². The lowest BCUT2D eigenvalue weighted by Gasteiger charge is -2.34. The molecule has 8 heteroatoms. The number of sulfonamides is 1. The standard InChI is InChI=1S/C17H22N4O3S/c22-17(8-4-5-15-13-18-19-14-15)20-9-11-21(12-10-20)25(23,24)16-6-2-1-3-7-16/h1-3,6-7,13-14H,4-5,8-12H2,(H,18,19). The molecule has 1 aliphatic heterocycles. The van der Waals surface area contributed by atoms with E-state index in [0.717, 1.165) is 18.4 Å². The number of aromatic amines is 1. The third-order valence-electron chi connectivity index (χ3n) is 4.38. The molecule has 2 heterocycles. The number of nitrogens with one attached hydrogen (secondary N) is 1. The molecule has 1 N–H and O–H groups in total. The summed E-state index contributed by atoms with van der Waals surface area (Å²) in [5, 5.41) is 6.64. The molecule has 1 amide bonds. The maximum absolute atomic E-state index is 12.6. The summed E-state index contributed by atoms with van der Waals surface area (Å²) in [6.07, 6.45) is 5.64. The lowest BCUT2D eigenvalue weighted by atomic mass is 10.1. The molecule has 1 saturated heterocycles. The highest BCUT2D eigenvalue weighted by Gasteiger charge is 2.29. The molecule has 0 spiro atoms. The summed E-state index contributed by atoms with van der Waals surface area (Å²) in [6, 6.07) is 8.42. The number of hydrogen-bond donors (Lipinski definition) is 1. The van der Waals surface area contributed by atoms with Gasteiger partial charge in [-0.15, -0.1) is 0 Å². The third kappa shape index (κ3) is 4.26. The van der Waals surface area contributed by atoms with Crippen LogP contribution in [0.1, 0.15) is 18.4 Å². The number of H-pyrrole nitrogens is 1. The smallest absolute Gasteiger partial charge is 0.243 e. The van der Waals surface area contributed by atoms with Gasteiger partial charge in [0.05, 0.1) is 11.1 Å². The van der Waals surface area contributed by atoms with Crippen molar-refractivity contribution >= 4 is 15.9 Å². The predicted octanol–water partition coefficient (Wildman–Crippen LogP) is 1.27. The Kier molecular flexibility index (Phi) is 5.50. The second-order valence-corrected chi connectivity index (χ2v) is 8.00. The number of carbonyl (C=O) groups is 1. The van der Waals surface area contributed by atoms with Crippen LogP contribution in [0.3, 0.4) is 0 Å². The van der Waals surface area contributed by atoms with Crippen LogP contribution in [0.2, 0.25) is 0 Å². The first kappa shape index (κ1) is 17.6. The van der Waals surface area contributed by atoms with Crippen molar-refractivity contribution in [3.05, 3.63) is 48.3 Å². The number of rotatable bonds is 6. The number of nitrogens with zero attached hydrogens (tertiary/aromatic N) is 3. The Bertz CT molecular complexity index is 783. The average molecular weight is 362 g/mol. The maximum atomic E-state index is 12.6. The Balaban J connectivity index is 1.49. The van der Waals surface area contributed by atoms with Crippen molar-refractivity contribution in [2.75, 3.05) is 26.2 Å². The zero-order valence-corrected chi connectivity index (χ0v) is 14.8. The molecule has 0 saturated carbocycles. The molecule has 25 heavy (non-hydrogen) atoms. The molecule has 1 aromatic heterocycles. The highest BCUT2D eigenvalue weighted by atomic mass is 32.2. The summed E-state index contributed by atoms with van der Waals surface area (Å²) in [4.78, 5) is 14.3. The van der Waals surface area contributed by atoms with Crippen molar-refractivity contribution in [3.8, 4) is 0 Å². The van der Waals surface area contributed by atoms with Gasteiger partial charge >= 0.3 is 0 Å². The monoisotopic (exact) mass is 362 g/mol. The van der Waals surface area contributed by atoms with Gasteiger partial charge in [-0.25, -0.2) is 8.42 Å². The molecular formula is C17H22N4O3S. The first-order chi connectivity index (χ1) is 12.1. The van der Waals surface area contributed by atoms with Gasteiger partial charge in [0, 0.05) is 38.8 Å². The van der Waals surface area contributed by atoms with Gasteiger partial charge in [-0.05, 0) is 30.5 Å². The van der Waals surface area contributed by atoms with E-state index in [1.807, 2.05) is 6.20 Å². The normalized spacial score (nSPS) is 16.1. The lowest BCUT2D eigenvalue weighted by molar-refractivity contribution is -0.132. The van der Waals surface area contributed by atoms with Crippen LogP contribution in [-0.2, 0) is 21.2 Å². The molecule has 134 valence electrons. The molecule has 0 aliphatic carbocycles. The molecule has 0 bridgehead atoms. The fourth-order valence-electron chi connectivity index (χ4n) is 2.94. The number of amides is 1. The van der Waals surface area contributed by atoms with Crippen molar-refractivity contribution in [3.63, 3.8) is 0 Å². The first-order valence-electron chi connectivity index (χ1n) is 8.38. The molecule has 0 atom stereocenters. The minimum absolute atomic E-state index is 0.0836. The number of aryl methyl sites for hydroxylation is 1. The van der Waals surface area contributed by atoms with E-state index in [2.05, 4.69) is 10.2 Å². The van der Waals surface area contributed by atoms with Gasteiger partial charge in [0.15, 0.2) is 0 Å². The summed E-state index contributed by atoms with van der Waals surface area (Å²) in [6.45, 7) is 1.56. The number of aromatic nitrogens is 2. The molecular weight excluding hydrogens is 340 g/mol. The number of hydrogen-bond acceptors (Lipinski definition) is 4. The van der Waals surface area contributed by atoms with E-state index in [-0.39, 0.29) is 5.91 Å². The fraction of sp³-hybridized carbons (Fsp3) is 0.412.